The number of carbonyl (C=O) groups excluding carboxylic acids is 1. The number of carboxylic acids is 1. The van der Waals surface area contributed by atoms with E-state index in [4.69, 9.17) is 10.8 Å². The smallest absolute Gasteiger partial charge is 0.322 e. The van der Waals surface area contributed by atoms with Crippen LogP contribution in [0.15, 0.2) is 0 Å². The van der Waals surface area contributed by atoms with Gasteiger partial charge in [0.05, 0.1) is 7.11 Å². The highest BCUT2D eigenvalue weighted by Gasteiger charge is 2.18. The molecule has 0 amide bonds. The molecule has 0 aromatic rings. The number of methoxy groups -OCH3 is 1. The van der Waals surface area contributed by atoms with Crippen molar-refractivity contribution in [2.45, 2.75) is 31.1 Å². The van der Waals surface area contributed by atoms with Crippen LogP contribution in [0.4, 0.5) is 0 Å². The van der Waals surface area contributed by atoms with Gasteiger partial charge < -0.3 is 15.6 Å². The van der Waals surface area contributed by atoms with Crippen molar-refractivity contribution in [1.29, 1.82) is 0 Å². The van der Waals surface area contributed by atoms with Crippen molar-refractivity contribution in [1.82, 2.24) is 0 Å². The standard InChI is InChI=1S/C9H17NO4S/c1-3-7(8(11)12)15-5-4-6(10)9(13)14-2/h6-7H,3-5,10H2,1-2H3,(H,11,12). The summed E-state index contributed by atoms with van der Waals surface area (Å²) >= 11 is 1.30. The van der Waals surface area contributed by atoms with E-state index in [1.165, 1.54) is 18.9 Å². The third kappa shape index (κ3) is 5.64. The molecule has 0 bridgehead atoms. The highest BCUT2D eigenvalue weighted by atomic mass is 32.2. The minimum atomic E-state index is -0.825. The predicted octanol–water partition coefficient (Wildman–Crippen LogP) is 0.473. The molecule has 2 atom stereocenters. The summed E-state index contributed by atoms with van der Waals surface area (Å²) < 4.78 is 4.45. The number of thioether (sulfide) groups is 1. The molecule has 6 heteroatoms. The van der Waals surface area contributed by atoms with Crippen molar-refractivity contribution in [2.24, 2.45) is 5.73 Å². The van der Waals surface area contributed by atoms with Gasteiger partial charge in [0.15, 0.2) is 0 Å². The van der Waals surface area contributed by atoms with Crippen LogP contribution in [0.1, 0.15) is 19.8 Å². The number of aliphatic carboxylic acids is 1. The van der Waals surface area contributed by atoms with Gasteiger partial charge in [0.2, 0.25) is 0 Å². The van der Waals surface area contributed by atoms with Gasteiger partial charge in [0.25, 0.3) is 0 Å². The molecule has 0 saturated carbocycles. The second-order valence-electron chi connectivity index (χ2n) is 3.02. The zero-order valence-corrected chi connectivity index (χ0v) is 9.75. The number of carbonyl (C=O) groups is 2. The summed E-state index contributed by atoms with van der Waals surface area (Å²) in [6.07, 6.45) is 0.995. The van der Waals surface area contributed by atoms with E-state index < -0.39 is 23.2 Å². The van der Waals surface area contributed by atoms with Gasteiger partial charge in [0.1, 0.15) is 11.3 Å². The predicted molar refractivity (Wildman–Crippen MR) is 58.8 cm³/mol. The first-order valence-electron chi connectivity index (χ1n) is 4.70. The molecule has 5 nitrogen and oxygen atoms in total. The van der Waals surface area contributed by atoms with Gasteiger partial charge in [-0.3, -0.25) is 9.59 Å². The average molecular weight is 235 g/mol. The summed E-state index contributed by atoms with van der Waals surface area (Å²) in [6.45, 7) is 1.81. The van der Waals surface area contributed by atoms with Gasteiger partial charge >= 0.3 is 11.9 Å². The van der Waals surface area contributed by atoms with E-state index in [9.17, 15) is 9.59 Å². The number of esters is 1. The Kier molecular flexibility index (Phi) is 7.15. The number of hydrogen-bond donors (Lipinski definition) is 2. The first-order valence-corrected chi connectivity index (χ1v) is 5.75. The summed E-state index contributed by atoms with van der Waals surface area (Å²) in [7, 11) is 1.28. The lowest BCUT2D eigenvalue weighted by Crippen LogP contribution is -2.32. The van der Waals surface area contributed by atoms with Gasteiger partial charge in [-0.1, -0.05) is 6.92 Å². The highest BCUT2D eigenvalue weighted by molar-refractivity contribution is 8.00. The van der Waals surface area contributed by atoms with Crippen LogP contribution in [0.25, 0.3) is 0 Å². The van der Waals surface area contributed by atoms with Gasteiger partial charge in [0, 0.05) is 0 Å². The van der Waals surface area contributed by atoms with Crippen molar-refractivity contribution in [3.05, 3.63) is 0 Å². The van der Waals surface area contributed by atoms with E-state index in [0.29, 0.717) is 18.6 Å². The minimum Gasteiger partial charge on any atom is -0.480 e. The monoisotopic (exact) mass is 235 g/mol. The molecule has 0 aromatic carbocycles. The molecule has 15 heavy (non-hydrogen) atoms. The second kappa shape index (κ2) is 7.53. The molecule has 0 fully saturated rings. The van der Waals surface area contributed by atoms with Crippen LogP contribution in [0.2, 0.25) is 0 Å². The first kappa shape index (κ1) is 14.2. The first-order chi connectivity index (χ1) is 7.02. The van der Waals surface area contributed by atoms with Crippen molar-refractivity contribution >= 4 is 23.7 Å². The quantitative estimate of drug-likeness (QED) is 0.624. The van der Waals surface area contributed by atoms with Crippen LogP contribution in [0.5, 0.6) is 0 Å². The second-order valence-corrected chi connectivity index (χ2v) is 4.33. The van der Waals surface area contributed by atoms with E-state index in [1.807, 2.05) is 6.92 Å². The Labute approximate surface area is 93.4 Å². The molecule has 3 N–H and O–H groups in total. The highest BCUT2D eigenvalue weighted by Crippen LogP contribution is 2.16. The maximum absolute atomic E-state index is 10.9. The Morgan fingerprint density at radius 1 is 1.53 bits per heavy atom. The molecule has 0 rings (SSSR count). The van der Waals surface area contributed by atoms with Crippen LogP contribution in [0, 0.1) is 0 Å². The summed E-state index contributed by atoms with van der Waals surface area (Å²) in [5.74, 6) is -0.741. The number of rotatable bonds is 7. The maximum atomic E-state index is 10.9. The fourth-order valence-electron chi connectivity index (χ4n) is 0.970. The number of nitrogens with two attached hydrogens (primary N) is 1. The van der Waals surface area contributed by atoms with Crippen molar-refractivity contribution in [3.8, 4) is 0 Å². The lowest BCUT2D eigenvalue weighted by Gasteiger charge is -2.11. The Bertz CT molecular complexity index is 222. The third-order valence-corrected chi connectivity index (χ3v) is 3.31. The zero-order valence-electron chi connectivity index (χ0n) is 8.93. The SMILES string of the molecule is CCC(SCCC(N)C(=O)OC)C(=O)O. The van der Waals surface area contributed by atoms with E-state index >= 15 is 0 Å². The van der Waals surface area contributed by atoms with E-state index in [2.05, 4.69) is 4.74 Å². The number of ether oxygens (including phenoxy) is 1. The molecule has 0 saturated heterocycles. The largest absolute Gasteiger partial charge is 0.480 e. The molecule has 0 aromatic heterocycles. The Morgan fingerprint density at radius 3 is 2.53 bits per heavy atom. The van der Waals surface area contributed by atoms with Crippen molar-refractivity contribution in [2.75, 3.05) is 12.9 Å². The fraction of sp³-hybridized carbons (Fsp3) is 0.778. The summed E-state index contributed by atoms with van der Waals surface area (Å²) in [4.78, 5) is 21.6. The lowest BCUT2D eigenvalue weighted by atomic mass is 10.2. The average Bonchev–Trinajstić information content (AvgIpc) is 2.22. The van der Waals surface area contributed by atoms with Crippen LogP contribution < -0.4 is 5.73 Å². The Morgan fingerprint density at radius 2 is 2.13 bits per heavy atom. The fourth-order valence-corrected chi connectivity index (χ4v) is 2.02. The van der Waals surface area contributed by atoms with E-state index in [1.54, 1.807) is 0 Å². The number of hydrogen-bond acceptors (Lipinski definition) is 5. The van der Waals surface area contributed by atoms with Crippen LogP contribution >= 0.6 is 11.8 Å². The van der Waals surface area contributed by atoms with Gasteiger partial charge in [-0.25, -0.2) is 0 Å². The third-order valence-electron chi connectivity index (χ3n) is 1.90. The van der Waals surface area contributed by atoms with E-state index in [-0.39, 0.29) is 0 Å². The molecule has 2 unspecified atom stereocenters. The minimum absolute atomic E-state index is 0.421. The van der Waals surface area contributed by atoms with Gasteiger partial charge in [-0.15, -0.1) is 11.8 Å². The Balaban J connectivity index is 3.77. The Hall–Kier alpha value is -0.750. The molecule has 0 spiro atoms. The molecule has 0 aliphatic heterocycles. The van der Waals surface area contributed by atoms with Gasteiger partial charge in [-0.2, -0.15) is 0 Å². The molecule has 0 radical (unpaired) electrons. The molecule has 0 aliphatic carbocycles. The molecule has 0 heterocycles. The summed E-state index contributed by atoms with van der Waals surface area (Å²) in [5, 5.41) is 8.33. The molecular weight excluding hydrogens is 218 g/mol. The molecule has 0 aliphatic rings. The molecular formula is C9H17NO4S. The topological polar surface area (TPSA) is 89.6 Å². The van der Waals surface area contributed by atoms with Crippen molar-refractivity contribution in [3.63, 3.8) is 0 Å². The maximum Gasteiger partial charge on any atom is 0.322 e. The molecule has 88 valence electrons. The number of carboxylic acid groups (broad SMARTS) is 1. The van der Waals surface area contributed by atoms with Crippen molar-refractivity contribution < 1.29 is 19.4 Å². The van der Waals surface area contributed by atoms with Crippen LogP contribution in [0.3, 0.4) is 0 Å². The van der Waals surface area contributed by atoms with Gasteiger partial charge in [-0.05, 0) is 18.6 Å². The normalized spacial score (nSPS) is 14.3. The van der Waals surface area contributed by atoms with E-state index in [0.717, 1.165) is 0 Å². The van der Waals surface area contributed by atoms with Crippen LogP contribution in [-0.4, -0.2) is 41.2 Å². The van der Waals surface area contributed by atoms with Crippen LogP contribution in [-0.2, 0) is 14.3 Å². The summed E-state index contributed by atoms with van der Waals surface area (Å²) in [5.41, 5.74) is 5.50. The summed E-state index contributed by atoms with van der Waals surface area (Å²) in [6, 6.07) is -0.659. The lowest BCUT2D eigenvalue weighted by molar-refractivity contribution is -0.142. The zero-order chi connectivity index (χ0) is 11.8.